The Morgan fingerprint density at radius 1 is 1.45 bits per heavy atom. The van der Waals surface area contributed by atoms with Crippen molar-refractivity contribution in [2.75, 3.05) is 31.6 Å². The fourth-order valence-corrected chi connectivity index (χ4v) is 3.17. The van der Waals surface area contributed by atoms with Crippen LogP contribution in [-0.2, 0) is 9.53 Å². The molecule has 1 fully saturated rings. The first kappa shape index (κ1) is 13.3. The van der Waals surface area contributed by atoms with Gasteiger partial charge in [0.25, 0.3) is 0 Å². The summed E-state index contributed by atoms with van der Waals surface area (Å²) >= 11 is 1.63. The van der Waals surface area contributed by atoms with Gasteiger partial charge < -0.3 is 15.0 Å². The molecule has 1 unspecified atom stereocenters. The maximum atomic E-state index is 12.4. The van der Waals surface area contributed by atoms with Crippen LogP contribution >= 0.6 is 11.3 Å². The summed E-state index contributed by atoms with van der Waals surface area (Å²) in [6.07, 6.45) is 1.77. The van der Waals surface area contributed by atoms with Gasteiger partial charge in [-0.2, -0.15) is 0 Å². The molecular formula is C14H17N3O2S. The summed E-state index contributed by atoms with van der Waals surface area (Å²) in [6, 6.07) is 3.66. The van der Waals surface area contributed by atoms with Crippen molar-refractivity contribution >= 4 is 33.1 Å². The first-order chi connectivity index (χ1) is 9.75. The molecule has 0 radical (unpaired) electrons. The highest BCUT2D eigenvalue weighted by Crippen LogP contribution is 2.27. The van der Waals surface area contributed by atoms with Gasteiger partial charge in [0, 0.05) is 19.3 Å². The summed E-state index contributed by atoms with van der Waals surface area (Å²) in [5.41, 5.74) is 1.94. The average molecular weight is 291 g/mol. The van der Waals surface area contributed by atoms with Gasteiger partial charge in [0.2, 0.25) is 5.91 Å². The molecule has 1 amide bonds. The number of nitrogens with zero attached hydrogens (tertiary/aromatic N) is 2. The number of rotatable bonds is 3. The van der Waals surface area contributed by atoms with E-state index in [4.69, 9.17) is 4.74 Å². The minimum Gasteiger partial charge on any atom is -0.378 e. The van der Waals surface area contributed by atoms with Gasteiger partial charge in [0.1, 0.15) is 6.04 Å². The summed E-state index contributed by atoms with van der Waals surface area (Å²) in [7, 11) is 0. The molecule has 0 spiro atoms. The second-order valence-electron chi connectivity index (χ2n) is 4.80. The van der Waals surface area contributed by atoms with Crippen LogP contribution in [-0.4, -0.2) is 48.1 Å². The number of fused-ring (bicyclic) bond motifs is 1. The maximum Gasteiger partial charge on any atom is 0.244 e. The number of hydrogen-bond acceptors (Lipinski definition) is 5. The fraction of sp³-hybridized carbons (Fsp3) is 0.429. The first-order valence-corrected chi connectivity index (χ1v) is 7.59. The lowest BCUT2D eigenvalue weighted by Crippen LogP contribution is -2.47. The highest BCUT2D eigenvalue weighted by Gasteiger charge is 2.22. The van der Waals surface area contributed by atoms with Gasteiger partial charge in [-0.05, 0) is 24.4 Å². The Hall–Kier alpha value is -1.66. The normalized spacial score (nSPS) is 17.1. The lowest BCUT2D eigenvalue weighted by Gasteiger charge is -2.29. The van der Waals surface area contributed by atoms with Crippen molar-refractivity contribution in [3.63, 3.8) is 0 Å². The average Bonchev–Trinajstić information content (AvgIpc) is 2.97. The van der Waals surface area contributed by atoms with Crippen LogP contribution in [0.4, 0.5) is 5.69 Å². The van der Waals surface area contributed by atoms with E-state index in [0.29, 0.717) is 26.3 Å². The Labute approximate surface area is 121 Å². The predicted octanol–water partition coefficient (Wildman–Crippen LogP) is 1.96. The van der Waals surface area contributed by atoms with Gasteiger partial charge in [0.15, 0.2) is 0 Å². The fourth-order valence-electron chi connectivity index (χ4n) is 2.34. The number of anilines is 1. The van der Waals surface area contributed by atoms with Gasteiger partial charge in [-0.1, -0.05) is 0 Å². The number of morpholine rings is 1. The first-order valence-electron chi connectivity index (χ1n) is 6.71. The van der Waals surface area contributed by atoms with Crippen LogP contribution in [0.15, 0.2) is 23.7 Å². The van der Waals surface area contributed by atoms with Crippen LogP contribution in [0, 0.1) is 0 Å². The van der Waals surface area contributed by atoms with Gasteiger partial charge in [-0.3, -0.25) is 9.78 Å². The molecule has 2 aromatic heterocycles. The minimum absolute atomic E-state index is 0.120. The third-order valence-corrected chi connectivity index (χ3v) is 4.35. The zero-order valence-electron chi connectivity index (χ0n) is 11.3. The molecule has 20 heavy (non-hydrogen) atoms. The van der Waals surface area contributed by atoms with Crippen LogP contribution in [0.25, 0.3) is 10.2 Å². The van der Waals surface area contributed by atoms with Crippen molar-refractivity contribution in [3.05, 3.63) is 23.7 Å². The van der Waals surface area contributed by atoms with E-state index in [9.17, 15) is 4.79 Å². The van der Waals surface area contributed by atoms with Crippen molar-refractivity contribution in [3.8, 4) is 0 Å². The third-order valence-electron chi connectivity index (χ3n) is 3.41. The predicted molar refractivity (Wildman–Crippen MR) is 80.1 cm³/mol. The van der Waals surface area contributed by atoms with Crippen molar-refractivity contribution < 1.29 is 9.53 Å². The second-order valence-corrected chi connectivity index (χ2v) is 5.71. The van der Waals surface area contributed by atoms with Crippen LogP contribution in [0.5, 0.6) is 0 Å². The van der Waals surface area contributed by atoms with E-state index >= 15 is 0 Å². The highest BCUT2D eigenvalue weighted by molar-refractivity contribution is 7.17. The molecule has 5 nitrogen and oxygen atoms in total. The number of hydrogen-bond donors (Lipinski definition) is 1. The molecule has 1 saturated heterocycles. The molecular weight excluding hydrogens is 274 g/mol. The number of aromatic nitrogens is 1. The topological polar surface area (TPSA) is 54.5 Å². The Balaban J connectivity index is 1.73. The van der Waals surface area contributed by atoms with Crippen LogP contribution in [0.3, 0.4) is 0 Å². The molecule has 1 aliphatic heterocycles. The number of ether oxygens (including phenoxy) is 1. The summed E-state index contributed by atoms with van der Waals surface area (Å²) < 4.78 is 6.37. The van der Waals surface area contributed by atoms with E-state index in [1.54, 1.807) is 17.5 Å². The number of amides is 1. The molecule has 2 aromatic rings. The van der Waals surface area contributed by atoms with E-state index < -0.39 is 0 Å². The summed E-state index contributed by atoms with van der Waals surface area (Å²) in [6.45, 7) is 4.51. The minimum atomic E-state index is -0.249. The number of pyridine rings is 1. The SMILES string of the molecule is CC(Nc1ccnc2ccsc12)C(=O)N1CCOCC1. The molecule has 1 aliphatic rings. The molecule has 3 heterocycles. The highest BCUT2D eigenvalue weighted by atomic mass is 32.1. The van der Waals surface area contributed by atoms with E-state index in [0.717, 1.165) is 15.9 Å². The Morgan fingerprint density at radius 3 is 3.05 bits per heavy atom. The van der Waals surface area contributed by atoms with Gasteiger partial charge >= 0.3 is 0 Å². The number of carbonyl (C=O) groups excluding carboxylic acids is 1. The second kappa shape index (κ2) is 5.76. The monoisotopic (exact) mass is 291 g/mol. The van der Waals surface area contributed by atoms with E-state index in [-0.39, 0.29) is 11.9 Å². The van der Waals surface area contributed by atoms with Crippen LogP contribution in [0.2, 0.25) is 0 Å². The molecule has 0 saturated carbocycles. The van der Waals surface area contributed by atoms with Crippen LogP contribution < -0.4 is 5.32 Å². The van der Waals surface area contributed by atoms with Crippen molar-refractivity contribution in [1.82, 2.24) is 9.88 Å². The van der Waals surface area contributed by atoms with Crippen LogP contribution in [0.1, 0.15) is 6.92 Å². The lowest BCUT2D eigenvalue weighted by atomic mass is 10.2. The van der Waals surface area contributed by atoms with E-state index in [1.165, 1.54) is 0 Å². The molecule has 6 heteroatoms. The van der Waals surface area contributed by atoms with Gasteiger partial charge in [0.05, 0.1) is 29.1 Å². The zero-order valence-corrected chi connectivity index (χ0v) is 12.2. The number of carbonyl (C=O) groups is 1. The third kappa shape index (κ3) is 2.62. The van der Waals surface area contributed by atoms with Crippen molar-refractivity contribution in [1.29, 1.82) is 0 Å². The molecule has 0 aromatic carbocycles. The summed E-state index contributed by atoms with van der Waals surface area (Å²) in [5.74, 6) is 0.120. The molecule has 1 atom stereocenters. The van der Waals surface area contributed by atoms with Crippen molar-refractivity contribution in [2.24, 2.45) is 0 Å². The summed E-state index contributed by atoms with van der Waals surface area (Å²) in [5, 5.41) is 5.32. The maximum absolute atomic E-state index is 12.4. The quantitative estimate of drug-likeness (QED) is 0.939. The zero-order chi connectivity index (χ0) is 13.9. The standard InChI is InChI=1S/C14H17N3O2S/c1-10(14(18)17-5-7-19-8-6-17)16-12-2-4-15-11-3-9-20-13(11)12/h2-4,9-10H,5-8H2,1H3,(H,15,16). The molecule has 0 aliphatic carbocycles. The smallest absolute Gasteiger partial charge is 0.244 e. The van der Waals surface area contributed by atoms with Gasteiger partial charge in [-0.15, -0.1) is 11.3 Å². The number of thiophene rings is 1. The number of nitrogens with one attached hydrogen (secondary N) is 1. The van der Waals surface area contributed by atoms with E-state index in [2.05, 4.69) is 10.3 Å². The molecule has 0 bridgehead atoms. The largest absolute Gasteiger partial charge is 0.378 e. The lowest BCUT2D eigenvalue weighted by molar-refractivity contribution is -0.135. The summed E-state index contributed by atoms with van der Waals surface area (Å²) in [4.78, 5) is 18.5. The molecule has 1 N–H and O–H groups in total. The molecule has 3 rings (SSSR count). The Bertz CT molecular complexity index is 607. The Morgan fingerprint density at radius 2 is 2.25 bits per heavy atom. The molecule has 106 valence electrons. The van der Waals surface area contributed by atoms with E-state index in [1.807, 2.05) is 29.3 Å². The Kier molecular flexibility index (Phi) is 3.84. The van der Waals surface area contributed by atoms with Gasteiger partial charge in [-0.25, -0.2) is 0 Å². The van der Waals surface area contributed by atoms with Crippen molar-refractivity contribution in [2.45, 2.75) is 13.0 Å².